The van der Waals surface area contributed by atoms with Crippen LogP contribution >= 0.6 is 0 Å². The summed E-state index contributed by atoms with van der Waals surface area (Å²) in [4.78, 5) is 2.37. The summed E-state index contributed by atoms with van der Waals surface area (Å²) < 4.78 is 0. The molecule has 0 bridgehead atoms. The van der Waals surface area contributed by atoms with Crippen LogP contribution in [0, 0.1) is 13.8 Å². The van der Waals surface area contributed by atoms with Crippen molar-refractivity contribution in [2.75, 3.05) is 18.5 Å². The van der Waals surface area contributed by atoms with Crippen LogP contribution in [0.5, 0.6) is 0 Å². The predicted molar refractivity (Wildman–Crippen MR) is 57.5 cm³/mol. The van der Waals surface area contributed by atoms with Crippen LogP contribution in [0.1, 0.15) is 23.1 Å². The number of aryl methyl sites for hydroxylation is 3. The van der Waals surface area contributed by atoms with Crippen molar-refractivity contribution in [3.8, 4) is 0 Å². The van der Waals surface area contributed by atoms with Gasteiger partial charge in [-0.2, -0.15) is 0 Å². The van der Waals surface area contributed by atoms with Gasteiger partial charge in [-0.25, -0.2) is 0 Å². The first-order chi connectivity index (χ1) is 6.18. The zero-order valence-corrected chi connectivity index (χ0v) is 8.72. The summed E-state index contributed by atoms with van der Waals surface area (Å²) in [5.41, 5.74) is 5.80. The molecule has 1 aromatic rings. The van der Waals surface area contributed by atoms with Crippen LogP contribution in [-0.4, -0.2) is 13.6 Å². The molecular weight excluding hydrogens is 158 g/mol. The molecule has 1 nitrogen and oxygen atoms in total. The van der Waals surface area contributed by atoms with Crippen molar-refractivity contribution in [2.45, 2.75) is 26.7 Å². The molecule has 0 amide bonds. The summed E-state index contributed by atoms with van der Waals surface area (Å²) in [6, 6.07) is 4.67. The molecule has 0 unspecified atom stereocenters. The molecule has 0 aromatic heterocycles. The predicted octanol–water partition coefficient (Wildman–Crippen LogP) is 2.69. The van der Waals surface area contributed by atoms with Gasteiger partial charge >= 0.3 is 0 Å². The van der Waals surface area contributed by atoms with Crippen molar-refractivity contribution in [1.29, 1.82) is 0 Å². The Labute approximate surface area is 80.4 Å². The van der Waals surface area contributed by atoms with Crippen LogP contribution < -0.4 is 4.90 Å². The highest BCUT2D eigenvalue weighted by Crippen LogP contribution is 2.28. The van der Waals surface area contributed by atoms with E-state index < -0.39 is 0 Å². The second-order valence-electron chi connectivity index (χ2n) is 4.09. The molecule has 1 heteroatoms. The maximum absolute atomic E-state index is 2.37. The molecule has 70 valence electrons. The largest absolute Gasteiger partial charge is 0.374 e. The van der Waals surface area contributed by atoms with Gasteiger partial charge in [0.05, 0.1) is 0 Å². The third-order valence-electron chi connectivity index (χ3n) is 3.05. The summed E-state index contributed by atoms with van der Waals surface area (Å²) in [5, 5.41) is 0. The Morgan fingerprint density at radius 1 is 1.15 bits per heavy atom. The van der Waals surface area contributed by atoms with Crippen LogP contribution in [0.4, 0.5) is 5.69 Å². The fourth-order valence-electron chi connectivity index (χ4n) is 2.04. The molecule has 0 spiro atoms. The average molecular weight is 175 g/mol. The molecule has 13 heavy (non-hydrogen) atoms. The van der Waals surface area contributed by atoms with Gasteiger partial charge in [0.25, 0.3) is 0 Å². The second kappa shape index (κ2) is 3.06. The molecule has 0 saturated carbocycles. The minimum absolute atomic E-state index is 1.20. The molecule has 2 rings (SSSR count). The summed E-state index contributed by atoms with van der Waals surface area (Å²) in [6.07, 6.45) is 2.55. The lowest BCUT2D eigenvalue weighted by atomic mass is 9.97. The highest BCUT2D eigenvalue weighted by atomic mass is 15.1. The SMILES string of the molecule is Cc1cc2c(cc1C)N(C)CCC2. The third kappa shape index (κ3) is 1.43. The molecule has 1 heterocycles. The minimum atomic E-state index is 1.20. The summed E-state index contributed by atoms with van der Waals surface area (Å²) in [5.74, 6) is 0. The first kappa shape index (κ1) is 8.61. The monoisotopic (exact) mass is 175 g/mol. The number of nitrogens with zero attached hydrogens (tertiary/aromatic N) is 1. The van der Waals surface area contributed by atoms with E-state index in [1.807, 2.05) is 0 Å². The zero-order chi connectivity index (χ0) is 9.42. The quantitative estimate of drug-likeness (QED) is 0.586. The van der Waals surface area contributed by atoms with Crippen molar-refractivity contribution in [1.82, 2.24) is 0 Å². The number of anilines is 1. The molecule has 0 N–H and O–H groups in total. The van der Waals surface area contributed by atoms with Gasteiger partial charge in [0.15, 0.2) is 0 Å². The van der Waals surface area contributed by atoms with Gasteiger partial charge in [0.2, 0.25) is 0 Å². The Bertz CT molecular complexity index is 328. The van der Waals surface area contributed by atoms with Crippen LogP contribution in [0.15, 0.2) is 12.1 Å². The Morgan fingerprint density at radius 2 is 1.85 bits per heavy atom. The maximum atomic E-state index is 2.37. The minimum Gasteiger partial charge on any atom is -0.374 e. The van der Waals surface area contributed by atoms with Crippen LogP contribution in [0.25, 0.3) is 0 Å². The van der Waals surface area contributed by atoms with Crippen LogP contribution in [0.3, 0.4) is 0 Å². The summed E-state index contributed by atoms with van der Waals surface area (Å²) >= 11 is 0. The lowest BCUT2D eigenvalue weighted by molar-refractivity contribution is 0.743. The zero-order valence-electron chi connectivity index (χ0n) is 8.72. The average Bonchev–Trinajstić information content (AvgIpc) is 2.09. The summed E-state index contributed by atoms with van der Waals surface area (Å²) in [7, 11) is 2.19. The number of benzene rings is 1. The lowest BCUT2D eigenvalue weighted by Crippen LogP contribution is -2.24. The van der Waals surface area contributed by atoms with Crippen LogP contribution in [-0.2, 0) is 6.42 Å². The number of rotatable bonds is 0. The first-order valence-corrected chi connectivity index (χ1v) is 5.00. The van der Waals surface area contributed by atoms with E-state index in [1.54, 1.807) is 0 Å². The molecule has 0 radical (unpaired) electrons. The Kier molecular flexibility index (Phi) is 2.03. The Morgan fingerprint density at radius 3 is 2.62 bits per heavy atom. The standard InChI is InChI=1S/C12H17N/c1-9-7-11-5-4-6-13(3)12(11)8-10(9)2/h7-8H,4-6H2,1-3H3. The fourth-order valence-corrected chi connectivity index (χ4v) is 2.04. The van der Waals surface area contributed by atoms with Gasteiger partial charge in [-0.15, -0.1) is 0 Å². The fraction of sp³-hybridized carbons (Fsp3) is 0.500. The molecule has 1 aromatic carbocycles. The van der Waals surface area contributed by atoms with E-state index in [0.717, 1.165) is 0 Å². The molecule has 0 saturated heterocycles. The second-order valence-corrected chi connectivity index (χ2v) is 4.09. The number of hydrogen-bond donors (Lipinski definition) is 0. The molecule has 0 fully saturated rings. The van der Waals surface area contributed by atoms with Crippen molar-refractivity contribution in [3.63, 3.8) is 0 Å². The van der Waals surface area contributed by atoms with E-state index in [9.17, 15) is 0 Å². The van der Waals surface area contributed by atoms with Crippen LogP contribution in [0.2, 0.25) is 0 Å². The van der Waals surface area contributed by atoms with Gasteiger partial charge < -0.3 is 4.90 Å². The van der Waals surface area contributed by atoms with E-state index in [-0.39, 0.29) is 0 Å². The number of hydrogen-bond acceptors (Lipinski definition) is 1. The van der Waals surface area contributed by atoms with Crippen molar-refractivity contribution >= 4 is 5.69 Å². The van der Waals surface area contributed by atoms with E-state index >= 15 is 0 Å². The van der Waals surface area contributed by atoms with Gasteiger partial charge in [0, 0.05) is 19.3 Å². The molecule has 0 atom stereocenters. The molecule has 0 aliphatic carbocycles. The Hall–Kier alpha value is -0.980. The van der Waals surface area contributed by atoms with Crippen molar-refractivity contribution in [3.05, 3.63) is 28.8 Å². The topological polar surface area (TPSA) is 3.24 Å². The highest BCUT2D eigenvalue weighted by Gasteiger charge is 2.13. The van der Waals surface area contributed by atoms with Crippen molar-refractivity contribution < 1.29 is 0 Å². The smallest absolute Gasteiger partial charge is 0.0399 e. The first-order valence-electron chi connectivity index (χ1n) is 5.00. The molecular formula is C12H17N. The summed E-state index contributed by atoms with van der Waals surface area (Å²) in [6.45, 7) is 5.60. The van der Waals surface area contributed by atoms with E-state index in [0.29, 0.717) is 0 Å². The van der Waals surface area contributed by atoms with Gasteiger partial charge in [-0.1, -0.05) is 6.07 Å². The van der Waals surface area contributed by atoms with Gasteiger partial charge in [0.1, 0.15) is 0 Å². The Balaban J connectivity index is 2.52. The number of fused-ring (bicyclic) bond motifs is 1. The van der Waals surface area contributed by atoms with Crippen molar-refractivity contribution in [2.24, 2.45) is 0 Å². The van der Waals surface area contributed by atoms with E-state index in [2.05, 4.69) is 37.9 Å². The third-order valence-corrected chi connectivity index (χ3v) is 3.05. The molecule has 1 aliphatic rings. The lowest BCUT2D eigenvalue weighted by Gasteiger charge is -2.28. The molecule has 1 aliphatic heterocycles. The maximum Gasteiger partial charge on any atom is 0.0399 e. The van der Waals surface area contributed by atoms with Gasteiger partial charge in [-0.3, -0.25) is 0 Å². The van der Waals surface area contributed by atoms with E-state index in [1.165, 1.54) is 41.8 Å². The van der Waals surface area contributed by atoms with Gasteiger partial charge in [-0.05, 0) is 49.4 Å². The normalized spacial score (nSPS) is 15.8. The highest BCUT2D eigenvalue weighted by molar-refractivity contribution is 5.58. The van der Waals surface area contributed by atoms with E-state index in [4.69, 9.17) is 0 Å².